The fourth-order valence-corrected chi connectivity index (χ4v) is 4.96. The monoisotopic (exact) mass is 377 g/mol. The number of carbonyl (C=O) groups excluding carboxylic acids is 1. The second-order valence-corrected chi connectivity index (χ2v) is 7.42. The van der Waals surface area contributed by atoms with Gasteiger partial charge in [0.05, 0.1) is 13.2 Å². The second-order valence-electron chi connectivity index (χ2n) is 5.65. The second kappa shape index (κ2) is 5.80. The molecule has 0 bridgehead atoms. The number of nitrogens with zero attached hydrogens (tertiary/aromatic N) is 1. The van der Waals surface area contributed by atoms with Gasteiger partial charge in [-0.1, -0.05) is 6.08 Å². The van der Waals surface area contributed by atoms with E-state index in [-0.39, 0.29) is 5.78 Å². The highest BCUT2D eigenvalue weighted by molar-refractivity contribution is 9.10. The Bertz CT molecular complexity index is 723. The zero-order valence-corrected chi connectivity index (χ0v) is 14.5. The minimum absolute atomic E-state index is 0.182. The van der Waals surface area contributed by atoms with Gasteiger partial charge in [-0.15, -0.1) is 11.3 Å². The van der Waals surface area contributed by atoms with Crippen LogP contribution in [0.25, 0.3) is 5.57 Å². The maximum absolute atomic E-state index is 12.5. The molecular formula is C17H16BrNO2S. The van der Waals surface area contributed by atoms with Crippen LogP contribution >= 0.6 is 27.3 Å². The van der Waals surface area contributed by atoms with Crippen molar-refractivity contribution in [3.8, 4) is 0 Å². The van der Waals surface area contributed by atoms with Crippen LogP contribution in [0.4, 0.5) is 0 Å². The number of hydrogen-bond acceptors (Lipinski definition) is 4. The number of morpholine rings is 1. The molecule has 114 valence electrons. The van der Waals surface area contributed by atoms with Crippen LogP contribution in [0.2, 0.25) is 0 Å². The van der Waals surface area contributed by atoms with E-state index in [1.54, 1.807) is 11.3 Å². The molecule has 1 fully saturated rings. The number of hydrogen-bond donors (Lipinski definition) is 0. The summed E-state index contributed by atoms with van der Waals surface area (Å²) in [7, 11) is 0. The normalized spacial score (nSPS) is 21.9. The summed E-state index contributed by atoms with van der Waals surface area (Å²) in [5, 5.41) is 2.09. The van der Waals surface area contributed by atoms with Gasteiger partial charge in [-0.3, -0.25) is 4.79 Å². The van der Waals surface area contributed by atoms with Crippen molar-refractivity contribution in [1.82, 2.24) is 4.90 Å². The average molecular weight is 378 g/mol. The lowest BCUT2D eigenvalue weighted by molar-refractivity contribution is -0.111. The predicted octanol–water partition coefficient (Wildman–Crippen LogP) is 3.78. The molecule has 0 radical (unpaired) electrons. The predicted molar refractivity (Wildman–Crippen MR) is 91.7 cm³/mol. The molecule has 22 heavy (non-hydrogen) atoms. The van der Waals surface area contributed by atoms with Crippen LogP contribution in [-0.4, -0.2) is 37.0 Å². The highest BCUT2D eigenvalue weighted by Gasteiger charge is 2.30. The molecule has 0 N–H and O–H groups in total. The van der Waals surface area contributed by atoms with E-state index < -0.39 is 0 Å². The lowest BCUT2D eigenvalue weighted by Gasteiger charge is -2.33. The number of carbonyl (C=O) groups is 1. The van der Waals surface area contributed by atoms with Gasteiger partial charge < -0.3 is 9.64 Å². The summed E-state index contributed by atoms with van der Waals surface area (Å²) in [6.07, 6.45) is 5.66. The van der Waals surface area contributed by atoms with Gasteiger partial charge in [0, 0.05) is 46.2 Å². The molecule has 1 aromatic heterocycles. The van der Waals surface area contributed by atoms with Gasteiger partial charge >= 0.3 is 0 Å². The Kier molecular flexibility index (Phi) is 3.80. The van der Waals surface area contributed by atoms with Crippen molar-refractivity contribution in [2.75, 3.05) is 26.3 Å². The highest BCUT2D eigenvalue weighted by atomic mass is 79.9. The Hall–Kier alpha value is -1.17. The molecule has 1 aromatic rings. The quantitative estimate of drug-likeness (QED) is 0.785. The minimum atomic E-state index is 0.182. The van der Waals surface area contributed by atoms with Crippen LogP contribution in [0, 0.1) is 0 Å². The Morgan fingerprint density at radius 3 is 2.77 bits per heavy atom. The van der Waals surface area contributed by atoms with Crippen LogP contribution in [0.5, 0.6) is 0 Å². The van der Waals surface area contributed by atoms with Gasteiger partial charge in [0.2, 0.25) is 0 Å². The summed E-state index contributed by atoms with van der Waals surface area (Å²) < 4.78 is 6.54. The lowest BCUT2D eigenvalue weighted by Crippen LogP contribution is -2.36. The maximum Gasteiger partial charge on any atom is 0.184 e. The van der Waals surface area contributed by atoms with Crippen molar-refractivity contribution in [3.05, 3.63) is 49.8 Å². The number of thiophene rings is 1. The summed E-state index contributed by atoms with van der Waals surface area (Å²) in [6.45, 7) is 3.25. The number of allylic oxidation sites excluding steroid dienone is 5. The molecule has 1 aliphatic heterocycles. The molecule has 0 aromatic carbocycles. The molecule has 0 saturated carbocycles. The van der Waals surface area contributed by atoms with Crippen molar-refractivity contribution < 1.29 is 9.53 Å². The summed E-state index contributed by atoms with van der Waals surface area (Å²) in [6, 6.07) is 2.07. The van der Waals surface area contributed by atoms with E-state index in [0.29, 0.717) is 0 Å². The van der Waals surface area contributed by atoms with Crippen molar-refractivity contribution in [2.45, 2.75) is 12.8 Å². The molecule has 3 nitrogen and oxygen atoms in total. The Labute approximate surface area is 142 Å². The number of rotatable bonds is 2. The van der Waals surface area contributed by atoms with Crippen LogP contribution < -0.4 is 0 Å². The van der Waals surface area contributed by atoms with Gasteiger partial charge in [0.15, 0.2) is 5.78 Å². The fourth-order valence-electron chi connectivity index (χ4n) is 3.30. The van der Waals surface area contributed by atoms with Crippen LogP contribution in [0.15, 0.2) is 44.9 Å². The maximum atomic E-state index is 12.5. The minimum Gasteiger partial charge on any atom is -0.378 e. The zero-order valence-electron chi connectivity index (χ0n) is 12.1. The van der Waals surface area contributed by atoms with E-state index in [1.165, 1.54) is 16.0 Å². The Balaban J connectivity index is 1.64. The molecule has 5 heteroatoms. The van der Waals surface area contributed by atoms with Crippen molar-refractivity contribution in [3.63, 3.8) is 0 Å². The summed E-state index contributed by atoms with van der Waals surface area (Å²) >= 11 is 5.35. The number of ketones is 1. The fraction of sp³-hybridized carbons (Fsp3) is 0.353. The summed E-state index contributed by atoms with van der Waals surface area (Å²) in [4.78, 5) is 16.0. The first-order valence-electron chi connectivity index (χ1n) is 7.47. The molecular weight excluding hydrogens is 362 g/mol. The largest absolute Gasteiger partial charge is 0.378 e. The Morgan fingerprint density at radius 2 is 2.05 bits per heavy atom. The van der Waals surface area contributed by atoms with E-state index in [2.05, 4.69) is 38.4 Å². The van der Waals surface area contributed by atoms with E-state index in [9.17, 15) is 4.79 Å². The molecule has 1 saturated heterocycles. The molecule has 2 aliphatic carbocycles. The smallest absolute Gasteiger partial charge is 0.184 e. The topological polar surface area (TPSA) is 29.5 Å². The third-order valence-electron chi connectivity index (χ3n) is 4.43. The van der Waals surface area contributed by atoms with Gasteiger partial charge in [0.1, 0.15) is 0 Å². The number of halogens is 1. The first-order chi connectivity index (χ1) is 10.7. The average Bonchev–Trinajstić information content (AvgIpc) is 3.14. The summed E-state index contributed by atoms with van der Waals surface area (Å²) in [5.41, 5.74) is 4.58. The molecule has 3 aliphatic rings. The first kappa shape index (κ1) is 14.4. The van der Waals surface area contributed by atoms with Crippen LogP contribution in [-0.2, 0) is 9.53 Å². The van der Waals surface area contributed by atoms with Gasteiger partial charge in [0.25, 0.3) is 0 Å². The van der Waals surface area contributed by atoms with Crippen LogP contribution in [0.3, 0.4) is 0 Å². The Morgan fingerprint density at radius 1 is 1.23 bits per heavy atom. The van der Waals surface area contributed by atoms with Crippen molar-refractivity contribution >= 4 is 38.6 Å². The molecule has 0 atom stereocenters. The zero-order chi connectivity index (χ0) is 15.1. The molecule has 0 amide bonds. The lowest BCUT2D eigenvalue weighted by atomic mass is 9.91. The van der Waals surface area contributed by atoms with Crippen molar-refractivity contribution in [1.29, 1.82) is 0 Å². The molecule has 4 rings (SSSR count). The van der Waals surface area contributed by atoms with E-state index in [4.69, 9.17) is 4.74 Å². The summed E-state index contributed by atoms with van der Waals surface area (Å²) in [5.74, 6) is 0.182. The van der Waals surface area contributed by atoms with Crippen LogP contribution in [0.1, 0.15) is 17.7 Å². The molecule has 0 unspecified atom stereocenters. The van der Waals surface area contributed by atoms with Gasteiger partial charge in [-0.2, -0.15) is 0 Å². The third kappa shape index (κ3) is 2.41. The van der Waals surface area contributed by atoms with E-state index >= 15 is 0 Å². The highest BCUT2D eigenvalue weighted by Crippen LogP contribution is 2.44. The van der Waals surface area contributed by atoms with Gasteiger partial charge in [-0.05, 0) is 44.9 Å². The van der Waals surface area contributed by atoms with E-state index in [0.717, 1.165) is 54.9 Å². The first-order valence-corrected chi connectivity index (χ1v) is 9.15. The number of ether oxygens (including phenoxy) is 1. The molecule has 0 spiro atoms. The SMILES string of the molecule is O=C1C=C(N2CCOCC2)CC2=C1CC=C2c1sccc1Br. The van der Waals surface area contributed by atoms with Crippen molar-refractivity contribution in [2.24, 2.45) is 0 Å². The molecule has 2 heterocycles. The third-order valence-corrected chi connectivity index (χ3v) is 6.30. The standard InChI is InChI=1S/C17H16BrNO2S/c18-15-3-8-22-17(15)13-2-1-12-14(13)9-11(10-16(12)20)19-4-6-21-7-5-19/h2-3,8,10H,1,4-7,9H2. The van der Waals surface area contributed by atoms with E-state index in [1.807, 2.05) is 6.08 Å². The van der Waals surface area contributed by atoms with Gasteiger partial charge in [-0.25, -0.2) is 0 Å².